The fourth-order valence-corrected chi connectivity index (χ4v) is 3.56. The minimum Gasteiger partial charge on any atom is -0.338 e. The van der Waals surface area contributed by atoms with E-state index in [4.69, 9.17) is 0 Å². The molecule has 4 rings (SSSR count). The monoisotopic (exact) mass is 333 g/mol. The Kier molecular flexibility index (Phi) is 4.37. The Labute approximate surface area is 141 Å². The highest BCUT2D eigenvalue weighted by molar-refractivity contribution is 5.96. The van der Waals surface area contributed by atoms with Crippen LogP contribution in [-0.2, 0) is 0 Å². The number of benzene rings is 1. The number of rotatable bonds is 2. The molecule has 23 heavy (non-hydrogen) atoms. The van der Waals surface area contributed by atoms with Gasteiger partial charge in [0.15, 0.2) is 0 Å². The van der Waals surface area contributed by atoms with Crippen molar-refractivity contribution in [1.29, 1.82) is 0 Å². The minimum atomic E-state index is 0. The lowest BCUT2D eigenvalue weighted by Gasteiger charge is -2.19. The van der Waals surface area contributed by atoms with E-state index in [0.29, 0.717) is 11.8 Å². The molecule has 7 heteroatoms. The van der Waals surface area contributed by atoms with Crippen LogP contribution in [0.2, 0.25) is 0 Å². The predicted molar refractivity (Wildman–Crippen MR) is 89.1 cm³/mol. The molecule has 1 amide bonds. The fourth-order valence-electron chi connectivity index (χ4n) is 3.56. The van der Waals surface area contributed by atoms with Crippen molar-refractivity contribution in [2.75, 3.05) is 26.2 Å². The Morgan fingerprint density at radius 1 is 1.26 bits per heavy atom. The molecule has 2 atom stereocenters. The molecular formula is C16H20ClN5O. The zero-order chi connectivity index (χ0) is 15.1. The second kappa shape index (κ2) is 6.29. The van der Waals surface area contributed by atoms with E-state index < -0.39 is 0 Å². The van der Waals surface area contributed by atoms with Crippen LogP contribution in [0.3, 0.4) is 0 Å². The van der Waals surface area contributed by atoms with E-state index >= 15 is 0 Å². The summed E-state index contributed by atoms with van der Waals surface area (Å²) in [6.45, 7) is 5.81. The van der Waals surface area contributed by atoms with Crippen LogP contribution in [0.5, 0.6) is 0 Å². The molecule has 0 bridgehead atoms. The molecule has 3 heterocycles. The van der Waals surface area contributed by atoms with E-state index in [1.165, 1.54) is 6.33 Å². The summed E-state index contributed by atoms with van der Waals surface area (Å²) in [6, 6.07) is 5.81. The van der Waals surface area contributed by atoms with E-state index in [9.17, 15) is 4.79 Å². The first kappa shape index (κ1) is 16.0. The number of nitrogens with one attached hydrogen (secondary N) is 1. The molecule has 1 aromatic heterocycles. The maximum atomic E-state index is 12.8. The number of hydrogen-bond donors (Lipinski definition) is 1. The Balaban J connectivity index is 0.00000156. The number of aryl methyl sites for hydroxylation is 1. The Morgan fingerprint density at radius 2 is 2.00 bits per heavy atom. The first-order chi connectivity index (χ1) is 10.7. The van der Waals surface area contributed by atoms with Gasteiger partial charge in [0.05, 0.1) is 5.69 Å². The van der Waals surface area contributed by atoms with Crippen molar-refractivity contribution in [1.82, 2.24) is 25.0 Å². The maximum Gasteiger partial charge on any atom is 0.254 e. The Bertz CT molecular complexity index is 691. The minimum absolute atomic E-state index is 0. The summed E-state index contributed by atoms with van der Waals surface area (Å²) in [6.07, 6.45) is 3.16. The summed E-state index contributed by atoms with van der Waals surface area (Å²) in [5.74, 6) is 1.40. The molecule has 0 saturated carbocycles. The van der Waals surface area contributed by atoms with Gasteiger partial charge in [0.1, 0.15) is 12.7 Å². The topological polar surface area (TPSA) is 63.1 Å². The van der Waals surface area contributed by atoms with Gasteiger partial charge < -0.3 is 10.2 Å². The molecule has 122 valence electrons. The van der Waals surface area contributed by atoms with Gasteiger partial charge in [-0.05, 0) is 42.5 Å². The molecule has 1 N–H and O–H groups in total. The van der Waals surface area contributed by atoms with Gasteiger partial charge in [0.2, 0.25) is 0 Å². The molecule has 6 nitrogen and oxygen atoms in total. The highest BCUT2D eigenvalue weighted by Crippen LogP contribution is 2.28. The van der Waals surface area contributed by atoms with Gasteiger partial charge >= 0.3 is 0 Å². The molecular weight excluding hydrogens is 314 g/mol. The van der Waals surface area contributed by atoms with Crippen molar-refractivity contribution < 1.29 is 4.79 Å². The highest BCUT2D eigenvalue weighted by Gasteiger charge is 2.38. The van der Waals surface area contributed by atoms with E-state index in [2.05, 4.69) is 15.4 Å². The zero-order valence-corrected chi connectivity index (χ0v) is 13.8. The molecule has 0 radical (unpaired) electrons. The van der Waals surface area contributed by atoms with Crippen LogP contribution in [0.15, 0.2) is 30.9 Å². The first-order valence-electron chi connectivity index (χ1n) is 7.68. The van der Waals surface area contributed by atoms with Crippen molar-refractivity contribution in [3.8, 4) is 5.69 Å². The van der Waals surface area contributed by atoms with Crippen LogP contribution >= 0.6 is 12.4 Å². The molecule has 2 aromatic rings. The molecule has 2 aliphatic heterocycles. The molecule has 1 aromatic carbocycles. The lowest BCUT2D eigenvalue weighted by Crippen LogP contribution is -2.32. The van der Waals surface area contributed by atoms with Crippen LogP contribution in [0.25, 0.3) is 5.69 Å². The lowest BCUT2D eigenvalue weighted by atomic mass is 10.0. The van der Waals surface area contributed by atoms with Crippen molar-refractivity contribution in [2.45, 2.75) is 6.92 Å². The number of likely N-dealkylation sites (tertiary alicyclic amines) is 1. The lowest BCUT2D eigenvalue weighted by molar-refractivity contribution is 0.0781. The summed E-state index contributed by atoms with van der Waals surface area (Å²) in [7, 11) is 0. The quantitative estimate of drug-likeness (QED) is 0.899. The summed E-state index contributed by atoms with van der Waals surface area (Å²) in [5, 5.41) is 7.53. The van der Waals surface area contributed by atoms with Gasteiger partial charge in [-0.3, -0.25) is 4.79 Å². The number of nitrogens with zero attached hydrogens (tertiary/aromatic N) is 4. The average Bonchev–Trinajstić information content (AvgIpc) is 3.22. The normalized spacial score (nSPS) is 22.7. The van der Waals surface area contributed by atoms with Crippen LogP contribution in [0, 0.1) is 18.8 Å². The van der Waals surface area contributed by atoms with Gasteiger partial charge in [-0.1, -0.05) is 0 Å². The van der Waals surface area contributed by atoms with E-state index in [0.717, 1.165) is 43.0 Å². The first-order valence-corrected chi connectivity index (χ1v) is 7.68. The maximum absolute atomic E-state index is 12.8. The summed E-state index contributed by atoms with van der Waals surface area (Å²) < 4.78 is 1.70. The van der Waals surface area contributed by atoms with Crippen LogP contribution in [-0.4, -0.2) is 51.8 Å². The van der Waals surface area contributed by atoms with Crippen molar-refractivity contribution in [3.05, 3.63) is 42.0 Å². The van der Waals surface area contributed by atoms with Gasteiger partial charge in [0.25, 0.3) is 5.91 Å². The van der Waals surface area contributed by atoms with E-state index in [-0.39, 0.29) is 18.3 Å². The molecule has 0 aliphatic carbocycles. The average molecular weight is 334 g/mol. The van der Waals surface area contributed by atoms with E-state index in [1.54, 1.807) is 11.0 Å². The molecule has 2 fully saturated rings. The third kappa shape index (κ3) is 2.84. The third-order valence-electron chi connectivity index (χ3n) is 4.80. The number of carbonyl (C=O) groups is 1. The Morgan fingerprint density at radius 3 is 2.61 bits per heavy atom. The van der Waals surface area contributed by atoms with Crippen molar-refractivity contribution in [2.24, 2.45) is 11.8 Å². The molecule has 0 unspecified atom stereocenters. The summed E-state index contributed by atoms with van der Waals surface area (Å²) >= 11 is 0. The summed E-state index contributed by atoms with van der Waals surface area (Å²) in [4.78, 5) is 18.7. The smallest absolute Gasteiger partial charge is 0.254 e. The summed E-state index contributed by atoms with van der Waals surface area (Å²) in [5.41, 5.74) is 2.69. The second-order valence-corrected chi connectivity index (χ2v) is 6.23. The van der Waals surface area contributed by atoms with E-state index in [1.807, 2.05) is 30.0 Å². The SMILES string of the molecule is Cc1cc(-n2cncn2)ccc1C(=O)N1C[C@H]2CNC[C@H]2C1.Cl. The van der Waals surface area contributed by atoms with Crippen molar-refractivity contribution >= 4 is 18.3 Å². The van der Waals surface area contributed by atoms with Crippen LogP contribution in [0.4, 0.5) is 0 Å². The van der Waals surface area contributed by atoms with Gasteiger partial charge in [-0.15, -0.1) is 12.4 Å². The third-order valence-corrected chi connectivity index (χ3v) is 4.80. The molecule has 2 saturated heterocycles. The standard InChI is InChI=1S/C16H19N5O.ClH/c1-11-4-14(21-10-18-9-19-21)2-3-15(11)16(22)20-7-12-5-17-6-13(12)8-20;/h2-4,9-10,12-13,17H,5-8H2,1H3;1H/t12-,13+;. The number of halogens is 1. The highest BCUT2D eigenvalue weighted by atomic mass is 35.5. The predicted octanol–water partition coefficient (Wildman–Crippen LogP) is 1.29. The molecule has 0 spiro atoms. The number of carbonyl (C=O) groups excluding carboxylic acids is 1. The largest absolute Gasteiger partial charge is 0.338 e. The van der Waals surface area contributed by atoms with Gasteiger partial charge in [-0.25, -0.2) is 9.67 Å². The van der Waals surface area contributed by atoms with Crippen molar-refractivity contribution in [3.63, 3.8) is 0 Å². The fraction of sp³-hybridized carbons (Fsp3) is 0.438. The van der Waals surface area contributed by atoms with Crippen LogP contribution in [0.1, 0.15) is 15.9 Å². The number of hydrogen-bond acceptors (Lipinski definition) is 4. The molecule has 2 aliphatic rings. The number of amides is 1. The second-order valence-electron chi connectivity index (χ2n) is 6.23. The van der Waals surface area contributed by atoms with Crippen LogP contribution < -0.4 is 5.32 Å². The Hall–Kier alpha value is -1.92. The number of aromatic nitrogens is 3. The number of fused-ring (bicyclic) bond motifs is 1. The van der Waals surface area contributed by atoms with Gasteiger partial charge in [-0.2, -0.15) is 5.10 Å². The zero-order valence-electron chi connectivity index (χ0n) is 13.0. The van der Waals surface area contributed by atoms with Gasteiger partial charge in [0, 0.05) is 31.7 Å².